The fourth-order valence-electron chi connectivity index (χ4n) is 1.83. The quantitative estimate of drug-likeness (QED) is 0.861. The summed E-state index contributed by atoms with van der Waals surface area (Å²) in [4.78, 5) is 11.2. The van der Waals surface area contributed by atoms with Gasteiger partial charge in [0.2, 0.25) is 0 Å². The molecule has 0 aliphatic rings. The molecular formula is C13H14N2O2. The summed E-state index contributed by atoms with van der Waals surface area (Å²) in [6, 6.07) is 5.43. The minimum Gasteiger partial charge on any atom is -0.478 e. The van der Waals surface area contributed by atoms with E-state index in [0.717, 1.165) is 16.8 Å². The SMILES string of the molecule is Cc1ccc(-c2cnn(C)c2C)c(C(=O)O)c1. The van der Waals surface area contributed by atoms with Gasteiger partial charge in [-0.1, -0.05) is 17.7 Å². The van der Waals surface area contributed by atoms with E-state index in [1.807, 2.05) is 33.0 Å². The molecule has 0 aliphatic carbocycles. The normalized spacial score (nSPS) is 10.5. The number of aryl methyl sites for hydroxylation is 2. The van der Waals surface area contributed by atoms with Crippen molar-refractivity contribution in [3.05, 3.63) is 41.2 Å². The molecule has 1 aromatic carbocycles. The van der Waals surface area contributed by atoms with Gasteiger partial charge < -0.3 is 5.11 Å². The summed E-state index contributed by atoms with van der Waals surface area (Å²) in [5.41, 5.74) is 3.80. The van der Waals surface area contributed by atoms with Crippen LogP contribution in [0.25, 0.3) is 11.1 Å². The monoisotopic (exact) mass is 230 g/mol. The summed E-state index contributed by atoms with van der Waals surface area (Å²) in [5.74, 6) is -0.910. The second-order valence-electron chi connectivity index (χ2n) is 4.12. The van der Waals surface area contributed by atoms with Gasteiger partial charge in [-0.15, -0.1) is 0 Å². The minimum absolute atomic E-state index is 0.320. The van der Waals surface area contributed by atoms with Crippen molar-refractivity contribution in [2.45, 2.75) is 13.8 Å². The molecule has 0 aliphatic heterocycles. The van der Waals surface area contributed by atoms with Crippen LogP contribution in [0.15, 0.2) is 24.4 Å². The summed E-state index contributed by atoms with van der Waals surface area (Å²) < 4.78 is 1.74. The molecule has 1 aromatic heterocycles. The number of hydrogen-bond donors (Lipinski definition) is 1. The number of rotatable bonds is 2. The van der Waals surface area contributed by atoms with Crippen LogP contribution in [-0.2, 0) is 7.05 Å². The van der Waals surface area contributed by atoms with Crippen molar-refractivity contribution in [2.75, 3.05) is 0 Å². The smallest absolute Gasteiger partial charge is 0.336 e. The summed E-state index contributed by atoms with van der Waals surface area (Å²) in [7, 11) is 1.84. The molecule has 2 aromatic rings. The van der Waals surface area contributed by atoms with Crippen molar-refractivity contribution in [3.8, 4) is 11.1 Å². The molecule has 17 heavy (non-hydrogen) atoms. The van der Waals surface area contributed by atoms with E-state index in [9.17, 15) is 9.90 Å². The Labute approximate surface area is 99.5 Å². The third-order valence-corrected chi connectivity index (χ3v) is 2.93. The first kappa shape index (κ1) is 11.4. The largest absolute Gasteiger partial charge is 0.478 e. The van der Waals surface area contributed by atoms with E-state index >= 15 is 0 Å². The van der Waals surface area contributed by atoms with Crippen LogP contribution in [0.4, 0.5) is 0 Å². The topological polar surface area (TPSA) is 55.1 Å². The van der Waals surface area contributed by atoms with E-state index in [1.54, 1.807) is 16.9 Å². The van der Waals surface area contributed by atoms with Crippen molar-refractivity contribution in [2.24, 2.45) is 7.05 Å². The lowest BCUT2D eigenvalue weighted by atomic mass is 9.98. The minimum atomic E-state index is -0.910. The van der Waals surface area contributed by atoms with E-state index in [1.165, 1.54) is 0 Å². The van der Waals surface area contributed by atoms with Crippen molar-refractivity contribution < 1.29 is 9.90 Å². The van der Waals surface area contributed by atoms with Crippen LogP contribution in [0, 0.1) is 13.8 Å². The molecule has 0 radical (unpaired) electrons. The van der Waals surface area contributed by atoms with Crippen LogP contribution in [-0.4, -0.2) is 20.9 Å². The highest BCUT2D eigenvalue weighted by Crippen LogP contribution is 2.27. The maximum absolute atomic E-state index is 11.2. The summed E-state index contributed by atoms with van der Waals surface area (Å²) in [5, 5.41) is 13.4. The van der Waals surface area contributed by atoms with E-state index in [4.69, 9.17) is 0 Å². The van der Waals surface area contributed by atoms with Gasteiger partial charge in [0.1, 0.15) is 0 Å². The fraction of sp³-hybridized carbons (Fsp3) is 0.231. The third-order valence-electron chi connectivity index (χ3n) is 2.93. The predicted molar refractivity (Wildman–Crippen MR) is 65.1 cm³/mol. The second-order valence-corrected chi connectivity index (χ2v) is 4.12. The average Bonchev–Trinajstić information content (AvgIpc) is 2.60. The Balaban J connectivity index is 2.67. The Morgan fingerprint density at radius 2 is 2.00 bits per heavy atom. The van der Waals surface area contributed by atoms with Crippen molar-refractivity contribution >= 4 is 5.97 Å². The molecule has 0 fully saturated rings. The first-order valence-electron chi connectivity index (χ1n) is 5.33. The van der Waals surface area contributed by atoms with Crippen molar-refractivity contribution in [1.82, 2.24) is 9.78 Å². The maximum atomic E-state index is 11.2. The molecule has 1 heterocycles. The Kier molecular flexibility index (Phi) is 2.71. The van der Waals surface area contributed by atoms with Crippen LogP contribution in [0.3, 0.4) is 0 Å². The van der Waals surface area contributed by atoms with Crippen LogP contribution in [0.1, 0.15) is 21.6 Å². The van der Waals surface area contributed by atoms with Crippen molar-refractivity contribution in [1.29, 1.82) is 0 Å². The van der Waals surface area contributed by atoms with Gasteiger partial charge in [-0.3, -0.25) is 4.68 Å². The van der Waals surface area contributed by atoms with E-state index in [2.05, 4.69) is 5.10 Å². The molecule has 1 N–H and O–H groups in total. The lowest BCUT2D eigenvalue weighted by molar-refractivity contribution is 0.0697. The highest BCUT2D eigenvalue weighted by Gasteiger charge is 2.15. The van der Waals surface area contributed by atoms with Crippen LogP contribution in [0.2, 0.25) is 0 Å². The fourth-order valence-corrected chi connectivity index (χ4v) is 1.83. The molecule has 4 heteroatoms. The molecule has 0 unspecified atom stereocenters. The number of carboxylic acid groups (broad SMARTS) is 1. The van der Waals surface area contributed by atoms with E-state index < -0.39 is 5.97 Å². The molecule has 0 bridgehead atoms. The van der Waals surface area contributed by atoms with Gasteiger partial charge in [-0.25, -0.2) is 4.79 Å². The average molecular weight is 230 g/mol. The van der Waals surface area contributed by atoms with Crippen LogP contribution < -0.4 is 0 Å². The van der Waals surface area contributed by atoms with Gasteiger partial charge in [-0.05, 0) is 25.5 Å². The number of benzene rings is 1. The standard InChI is InChI=1S/C13H14N2O2/c1-8-4-5-10(11(6-8)13(16)17)12-7-14-15(3)9(12)2/h4-7H,1-3H3,(H,16,17). The van der Waals surface area contributed by atoms with Crippen LogP contribution in [0.5, 0.6) is 0 Å². The molecule has 88 valence electrons. The third kappa shape index (κ3) is 1.93. The Bertz CT molecular complexity index is 585. The summed E-state index contributed by atoms with van der Waals surface area (Å²) in [6.45, 7) is 3.81. The molecule has 4 nitrogen and oxygen atoms in total. The zero-order valence-corrected chi connectivity index (χ0v) is 10.1. The lowest BCUT2D eigenvalue weighted by Crippen LogP contribution is -2.01. The molecule has 0 saturated carbocycles. The maximum Gasteiger partial charge on any atom is 0.336 e. The van der Waals surface area contributed by atoms with Gasteiger partial charge in [0.15, 0.2) is 0 Å². The predicted octanol–water partition coefficient (Wildman–Crippen LogP) is 2.40. The number of aromatic carboxylic acids is 1. The van der Waals surface area contributed by atoms with Gasteiger partial charge in [0.25, 0.3) is 0 Å². The first-order valence-corrected chi connectivity index (χ1v) is 5.33. The highest BCUT2D eigenvalue weighted by molar-refractivity contribution is 5.96. The molecular weight excluding hydrogens is 216 g/mol. The van der Waals surface area contributed by atoms with E-state index in [0.29, 0.717) is 11.1 Å². The Hall–Kier alpha value is -2.10. The highest BCUT2D eigenvalue weighted by atomic mass is 16.4. The molecule has 0 saturated heterocycles. The zero-order chi connectivity index (χ0) is 12.6. The van der Waals surface area contributed by atoms with Crippen LogP contribution >= 0.6 is 0 Å². The summed E-state index contributed by atoms with van der Waals surface area (Å²) in [6.07, 6.45) is 1.70. The Morgan fingerprint density at radius 1 is 1.29 bits per heavy atom. The first-order chi connectivity index (χ1) is 8.00. The molecule has 0 atom stereocenters. The number of carboxylic acids is 1. The van der Waals surface area contributed by atoms with Crippen molar-refractivity contribution in [3.63, 3.8) is 0 Å². The molecule has 0 spiro atoms. The van der Waals surface area contributed by atoms with E-state index in [-0.39, 0.29) is 0 Å². The summed E-state index contributed by atoms with van der Waals surface area (Å²) >= 11 is 0. The zero-order valence-electron chi connectivity index (χ0n) is 10.1. The number of nitrogens with zero attached hydrogens (tertiary/aromatic N) is 2. The molecule has 0 amide bonds. The second kappa shape index (κ2) is 4.05. The van der Waals surface area contributed by atoms with Gasteiger partial charge in [0.05, 0.1) is 11.8 Å². The van der Waals surface area contributed by atoms with Gasteiger partial charge >= 0.3 is 5.97 Å². The van der Waals surface area contributed by atoms with Gasteiger partial charge in [0, 0.05) is 18.3 Å². The number of hydrogen-bond acceptors (Lipinski definition) is 2. The van der Waals surface area contributed by atoms with Gasteiger partial charge in [-0.2, -0.15) is 5.10 Å². The molecule has 2 rings (SSSR count). The lowest BCUT2D eigenvalue weighted by Gasteiger charge is -2.06. The number of aromatic nitrogens is 2. The number of carbonyl (C=O) groups is 1. The Morgan fingerprint density at radius 3 is 2.53 bits per heavy atom.